The third-order valence-electron chi connectivity index (χ3n) is 3.88. The van der Waals surface area contributed by atoms with Gasteiger partial charge in [0.15, 0.2) is 11.5 Å². The van der Waals surface area contributed by atoms with E-state index in [9.17, 15) is 10.2 Å². The van der Waals surface area contributed by atoms with Crippen molar-refractivity contribution in [2.75, 3.05) is 0 Å². The number of hydrogen-bond donors (Lipinski definition) is 2. The van der Waals surface area contributed by atoms with Crippen molar-refractivity contribution < 1.29 is 10.2 Å². The van der Waals surface area contributed by atoms with Crippen molar-refractivity contribution in [2.24, 2.45) is 5.92 Å². The van der Waals surface area contributed by atoms with Crippen LogP contribution in [-0.4, -0.2) is 10.2 Å². The fourth-order valence-corrected chi connectivity index (χ4v) is 2.44. The van der Waals surface area contributed by atoms with Crippen LogP contribution in [0.4, 0.5) is 0 Å². The number of para-hydroxylation sites is 1. The summed E-state index contributed by atoms with van der Waals surface area (Å²) in [7, 11) is 0. The van der Waals surface area contributed by atoms with Gasteiger partial charge in [-0.1, -0.05) is 75.3 Å². The van der Waals surface area contributed by atoms with Crippen LogP contribution in [0.5, 0.6) is 11.5 Å². The molecule has 132 valence electrons. The zero-order valence-corrected chi connectivity index (χ0v) is 15.1. The first kappa shape index (κ1) is 20.1. The topological polar surface area (TPSA) is 40.5 Å². The maximum atomic E-state index is 9.73. The lowest BCUT2D eigenvalue weighted by molar-refractivity contribution is 0.398. The number of unbranched alkanes of at least 4 members (excludes halogenated alkanes) is 4. The molecule has 1 aromatic rings. The predicted molar refractivity (Wildman–Crippen MR) is 103 cm³/mol. The molecule has 0 amide bonds. The molecule has 0 saturated heterocycles. The third-order valence-corrected chi connectivity index (χ3v) is 3.88. The molecule has 0 aromatic heterocycles. The van der Waals surface area contributed by atoms with Gasteiger partial charge in [0.25, 0.3) is 0 Å². The van der Waals surface area contributed by atoms with Crippen molar-refractivity contribution in [1.82, 2.24) is 0 Å². The van der Waals surface area contributed by atoms with Crippen molar-refractivity contribution in [2.45, 2.75) is 58.8 Å². The summed E-state index contributed by atoms with van der Waals surface area (Å²) in [6.45, 7) is 4.45. The molecule has 0 aliphatic rings. The number of aryl methyl sites for hydroxylation is 1. The van der Waals surface area contributed by atoms with Crippen LogP contribution in [0.3, 0.4) is 0 Å². The van der Waals surface area contributed by atoms with Crippen LogP contribution >= 0.6 is 0 Å². The van der Waals surface area contributed by atoms with E-state index < -0.39 is 0 Å². The zero-order chi connectivity index (χ0) is 17.6. The van der Waals surface area contributed by atoms with E-state index in [-0.39, 0.29) is 11.5 Å². The van der Waals surface area contributed by atoms with Gasteiger partial charge in [-0.25, -0.2) is 0 Å². The van der Waals surface area contributed by atoms with Crippen LogP contribution in [0.2, 0.25) is 0 Å². The smallest absolute Gasteiger partial charge is 0.160 e. The second-order valence-electron chi connectivity index (χ2n) is 6.61. The predicted octanol–water partition coefficient (Wildman–Crippen LogP) is 6.31. The lowest BCUT2D eigenvalue weighted by Crippen LogP contribution is -1.87. The second-order valence-corrected chi connectivity index (χ2v) is 6.61. The Kier molecular flexibility index (Phi) is 10.4. The molecular weight excluding hydrogens is 296 g/mol. The maximum Gasteiger partial charge on any atom is 0.160 e. The minimum Gasteiger partial charge on any atom is -0.504 e. The lowest BCUT2D eigenvalue weighted by Gasteiger charge is -2.05. The van der Waals surface area contributed by atoms with E-state index in [2.05, 4.69) is 50.3 Å². The molecule has 0 unspecified atom stereocenters. The highest BCUT2D eigenvalue weighted by Gasteiger charge is 2.04. The Morgan fingerprint density at radius 3 is 2.33 bits per heavy atom. The largest absolute Gasteiger partial charge is 0.504 e. The second kappa shape index (κ2) is 12.5. The maximum absolute atomic E-state index is 9.73. The number of benzene rings is 1. The molecule has 0 fully saturated rings. The SMILES string of the molecule is CC(C)C\C=C/C=C\C=C\CCCCCCc1cccc(O)c1O. The van der Waals surface area contributed by atoms with E-state index >= 15 is 0 Å². The Balaban J connectivity index is 2.04. The van der Waals surface area contributed by atoms with Gasteiger partial charge in [0.2, 0.25) is 0 Å². The molecule has 0 aliphatic heterocycles. The van der Waals surface area contributed by atoms with Gasteiger partial charge in [0, 0.05) is 0 Å². The summed E-state index contributed by atoms with van der Waals surface area (Å²) in [5.74, 6) is 0.737. The van der Waals surface area contributed by atoms with Crippen molar-refractivity contribution in [3.8, 4) is 11.5 Å². The summed E-state index contributed by atoms with van der Waals surface area (Å²) in [5.41, 5.74) is 0.838. The zero-order valence-electron chi connectivity index (χ0n) is 15.1. The van der Waals surface area contributed by atoms with Gasteiger partial charge in [-0.05, 0) is 49.7 Å². The fraction of sp³-hybridized carbons (Fsp3) is 0.455. The van der Waals surface area contributed by atoms with Gasteiger partial charge in [-0.15, -0.1) is 0 Å². The molecule has 0 heterocycles. The quantitative estimate of drug-likeness (QED) is 0.284. The van der Waals surface area contributed by atoms with E-state index in [1.807, 2.05) is 6.07 Å². The highest BCUT2D eigenvalue weighted by molar-refractivity contribution is 5.44. The van der Waals surface area contributed by atoms with Crippen molar-refractivity contribution in [3.63, 3.8) is 0 Å². The third kappa shape index (κ3) is 9.24. The number of phenolic OH excluding ortho intramolecular Hbond substituents is 2. The molecular formula is C22H32O2. The van der Waals surface area contributed by atoms with Gasteiger partial charge in [-0.3, -0.25) is 0 Å². The minimum atomic E-state index is -0.0234. The summed E-state index contributed by atoms with van der Waals surface area (Å²) in [6, 6.07) is 5.17. The van der Waals surface area contributed by atoms with Gasteiger partial charge in [0.05, 0.1) is 0 Å². The number of hydrogen-bond acceptors (Lipinski definition) is 2. The summed E-state index contributed by atoms with van der Waals surface area (Å²) in [6.07, 6.45) is 20.5. The number of rotatable bonds is 11. The average molecular weight is 328 g/mol. The highest BCUT2D eigenvalue weighted by Crippen LogP contribution is 2.29. The van der Waals surface area contributed by atoms with Crippen LogP contribution in [0.15, 0.2) is 54.7 Å². The molecule has 0 spiro atoms. The summed E-state index contributed by atoms with van der Waals surface area (Å²) >= 11 is 0. The fourth-order valence-electron chi connectivity index (χ4n) is 2.44. The van der Waals surface area contributed by atoms with Gasteiger partial charge >= 0.3 is 0 Å². The van der Waals surface area contributed by atoms with Gasteiger partial charge in [-0.2, -0.15) is 0 Å². The van der Waals surface area contributed by atoms with Crippen molar-refractivity contribution in [1.29, 1.82) is 0 Å². The summed E-state index contributed by atoms with van der Waals surface area (Å²) in [5, 5.41) is 19.2. The first-order valence-electron chi connectivity index (χ1n) is 9.09. The molecule has 0 atom stereocenters. The lowest BCUT2D eigenvalue weighted by atomic mass is 10.0. The highest BCUT2D eigenvalue weighted by atomic mass is 16.3. The number of allylic oxidation sites excluding steroid dienone is 6. The van der Waals surface area contributed by atoms with Crippen LogP contribution < -0.4 is 0 Å². The molecule has 2 N–H and O–H groups in total. The van der Waals surface area contributed by atoms with E-state index in [0.717, 1.165) is 43.6 Å². The van der Waals surface area contributed by atoms with Crippen molar-refractivity contribution in [3.05, 3.63) is 60.2 Å². The molecule has 0 radical (unpaired) electrons. The molecule has 0 saturated carbocycles. The number of phenols is 2. The molecule has 24 heavy (non-hydrogen) atoms. The Morgan fingerprint density at radius 2 is 1.58 bits per heavy atom. The van der Waals surface area contributed by atoms with Crippen LogP contribution in [0, 0.1) is 5.92 Å². The minimum absolute atomic E-state index is 0.0234. The molecule has 0 bridgehead atoms. The molecule has 1 rings (SSSR count). The number of aromatic hydroxyl groups is 2. The summed E-state index contributed by atoms with van der Waals surface area (Å²) in [4.78, 5) is 0. The molecule has 2 heteroatoms. The van der Waals surface area contributed by atoms with Gasteiger partial charge < -0.3 is 10.2 Å². The Morgan fingerprint density at radius 1 is 0.875 bits per heavy atom. The van der Waals surface area contributed by atoms with Crippen LogP contribution in [-0.2, 0) is 6.42 Å². The summed E-state index contributed by atoms with van der Waals surface area (Å²) < 4.78 is 0. The average Bonchev–Trinajstić information content (AvgIpc) is 2.55. The van der Waals surface area contributed by atoms with Crippen LogP contribution in [0.1, 0.15) is 57.9 Å². The monoisotopic (exact) mass is 328 g/mol. The standard InChI is InChI=1S/C22H32O2/c1-19(2)15-12-10-8-6-4-3-5-7-9-11-13-16-20-17-14-18-21(23)22(20)24/h3-4,6,8,10,12,14,17-19,23-24H,5,7,9,11,13,15-16H2,1-2H3/b4-3+,8-6-,12-10-. The van der Waals surface area contributed by atoms with Crippen LogP contribution in [0.25, 0.3) is 0 Å². The van der Waals surface area contributed by atoms with E-state index in [0.29, 0.717) is 0 Å². The van der Waals surface area contributed by atoms with Gasteiger partial charge in [0.1, 0.15) is 0 Å². The van der Waals surface area contributed by atoms with E-state index in [4.69, 9.17) is 0 Å². The van der Waals surface area contributed by atoms with E-state index in [1.165, 1.54) is 18.9 Å². The molecule has 1 aromatic carbocycles. The molecule has 0 aliphatic carbocycles. The first-order valence-corrected chi connectivity index (χ1v) is 9.09. The Hall–Kier alpha value is -1.96. The normalized spacial score (nSPS) is 12.3. The first-order chi connectivity index (χ1) is 11.6. The Bertz CT molecular complexity index is 539. The van der Waals surface area contributed by atoms with Crippen molar-refractivity contribution >= 4 is 0 Å². The van der Waals surface area contributed by atoms with E-state index in [1.54, 1.807) is 6.07 Å². The Labute approximate surface area is 147 Å². The molecule has 2 nitrogen and oxygen atoms in total.